The molecule has 1 aromatic heterocycles. The first-order valence-corrected chi connectivity index (χ1v) is 22.5. The summed E-state index contributed by atoms with van der Waals surface area (Å²) in [5.41, 5.74) is 17.8. The van der Waals surface area contributed by atoms with E-state index in [1.54, 1.807) is 0 Å². The molecule has 0 fully saturated rings. The number of thiophene rings is 1. The fraction of sp³-hybridized carbons (Fsp3) is 0.0164. The van der Waals surface area contributed by atoms with E-state index in [-0.39, 0.29) is 0 Å². The second kappa shape index (κ2) is 15.3. The van der Waals surface area contributed by atoms with Crippen LogP contribution in [0.5, 0.6) is 0 Å². The Bertz CT molecular complexity index is 3320. The van der Waals surface area contributed by atoms with Crippen LogP contribution in [0.3, 0.4) is 0 Å². The van der Waals surface area contributed by atoms with E-state index in [2.05, 4.69) is 254 Å². The fourth-order valence-electron chi connectivity index (χ4n) is 10.1. The third-order valence-electron chi connectivity index (χ3n) is 12.9. The zero-order valence-corrected chi connectivity index (χ0v) is 35.3. The van der Waals surface area contributed by atoms with Gasteiger partial charge in [-0.05, 0) is 127 Å². The van der Waals surface area contributed by atoms with Crippen molar-refractivity contribution >= 4 is 48.6 Å². The van der Waals surface area contributed by atoms with E-state index in [0.29, 0.717) is 0 Å². The van der Waals surface area contributed by atoms with Gasteiger partial charge in [0.1, 0.15) is 0 Å². The lowest BCUT2D eigenvalue weighted by Crippen LogP contribution is -2.28. The Balaban J connectivity index is 1.08. The summed E-state index contributed by atoms with van der Waals surface area (Å²) in [4.78, 5) is 2.44. The average Bonchev–Trinajstić information content (AvgIpc) is 3.88. The normalized spacial score (nSPS) is 12.6. The summed E-state index contributed by atoms with van der Waals surface area (Å²) in [6.07, 6.45) is 0. The Morgan fingerprint density at radius 3 is 1.30 bits per heavy atom. The standard InChI is InChI=1S/C61H41NS/c1-5-17-42(18-6-1)45-29-32-50(33-30-45)62(52-38-46(43-19-7-2-8-20-43)37-47(39-52)44-21-9-3-10-22-44)51-34-36-60-56(41-51)55-40-49(31-35-59(55)63-60)61(48-23-11-4-12-24-48)57-27-15-13-25-53(57)54-26-14-16-28-58(54)61/h1-41H. The van der Waals surface area contributed by atoms with Gasteiger partial charge in [-0.2, -0.15) is 0 Å². The highest BCUT2D eigenvalue weighted by Crippen LogP contribution is 2.57. The van der Waals surface area contributed by atoms with E-state index < -0.39 is 5.41 Å². The molecule has 0 saturated carbocycles. The Hall–Kier alpha value is -7.78. The number of hydrogen-bond acceptors (Lipinski definition) is 2. The number of anilines is 3. The molecule has 0 N–H and O–H groups in total. The van der Waals surface area contributed by atoms with Crippen LogP contribution in [0.4, 0.5) is 17.1 Å². The number of benzene rings is 10. The van der Waals surface area contributed by atoms with Crippen LogP contribution >= 0.6 is 11.3 Å². The van der Waals surface area contributed by atoms with Crippen LogP contribution in [0.1, 0.15) is 22.3 Å². The van der Waals surface area contributed by atoms with Gasteiger partial charge >= 0.3 is 0 Å². The van der Waals surface area contributed by atoms with Crippen LogP contribution in [0.2, 0.25) is 0 Å². The first kappa shape index (κ1) is 37.0. The molecule has 1 aliphatic rings. The van der Waals surface area contributed by atoms with Crippen LogP contribution < -0.4 is 4.90 Å². The highest BCUT2D eigenvalue weighted by Gasteiger charge is 2.46. The Labute approximate surface area is 372 Å². The second-order valence-corrected chi connectivity index (χ2v) is 17.5. The predicted molar refractivity (Wildman–Crippen MR) is 268 cm³/mol. The largest absolute Gasteiger partial charge is 0.310 e. The van der Waals surface area contributed by atoms with Gasteiger partial charge in [-0.25, -0.2) is 0 Å². The van der Waals surface area contributed by atoms with Crippen molar-refractivity contribution in [2.75, 3.05) is 4.90 Å². The van der Waals surface area contributed by atoms with Crippen molar-refractivity contribution in [2.24, 2.45) is 0 Å². The molecule has 0 unspecified atom stereocenters. The third kappa shape index (κ3) is 6.22. The smallest absolute Gasteiger partial charge is 0.0713 e. The highest BCUT2D eigenvalue weighted by atomic mass is 32.1. The van der Waals surface area contributed by atoms with Crippen molar-refractivity contribution in [3.05, 3.63) is 271 Å². The summed E-state index contributed by atoms with van der Waals surface area (Å²) in [5, 5.41) is 2.53. The lowest BCUT2D eigenvalue weighted by molar-refractivity contribution is 0.770. The SMILES string of the molecule is c1ccc(-c2ccc(N(c3cc(-c4ccccc4)cc(-c4ccccc4)c3)c3ccc4sc5ccc(C6(c7ccccc7)c7ccccc7-c7ccccc76)cc5c4c3)cc2)cc1. The fourth-order valence-corrected chi connectivity index (χ4v) is 11.1. The maximum absolute atomic E-state index is 2.49. The van der Waals surface area contributed by atoms with Crippen LogP contribution in [-0.2, 0) is 5.41 Å². The van der Waals surface area contributed by atoms with Crippen molar-refractivity contribution in [2.45, 2.75) is 5.41 Å². The van der Waals surface area contributed by atoms with Crippen LogP contribution in [-0.4, -0.2) is 0 Å². The average molecular weight is 820 g/mol. The summed E-state index contributed by atoms with van der Waals surface area (Å²) >= 11 is 1.87. The molecule has 63 heavy (non-hydrogen) atoms. The first-order chi connectivity index (χ1) is 31.2. The molecular formula is C61H41NS. The summed E-state index contributed by atoms with van der Waals surface area (Å²) < 4.78 is 2.55. The molecule has 1 nitrogen and oxygen atoms in total. The van der Waals surface area contributed by atoms with E-state index in [4.69, 9.17) is 0 Å². The van der Waals surface area contributed by atoms with E-state index >= 15 is 0 Å². The summed E-state index contributed by atoms with van der Waals surface area (Å²) in [7, 11) is 0. The first-order valence-electron chi connectivity index (χ1n) is 21.7. The van der Waals surface area contributed by atoms with Crippen LogP contribution in [0.15, 0.2) is 249 Å². The molecule has 0 saturated heterocycles. The topological polar surface area (TPSA) is 3.24 Å². The number of hydrogen-bond donors (Lipinski definition) is 0. The van der Waals surface area contributed by atoms with Gasteiger partial charge in [0.15, 0.2) is 0 Å². The van der Waals surface area contributed by atoms with Crippen molar-refractivity contribution < 1.29 is 0 Å². The van der Waals surface area contributed by atoms with Gasteiger partial charge in [0.2, 0.25) is 0 Å². The number of fused-ring (bicyclic) bond motifs is 6. The Morgan fingerprint density at radius 2 is 0.730 bits per heavy atom. The molecule has 1 aliphatic carbocycles. The van der Waals surface area contributed by atoms with Gasteiger partial charge in [-0.1, -0.05) is 188 Å². The maximum atomic E-state index is 2.49. The van der Waals surface area contributed by atoms with Crippen LogP contribution in [0, 0.1) is 0 Å². The maximum Gasteiger partial charge on any atom is 0.0713 e. The van der Waals surface area contributed by atoms with Gasteiger partial charge in [-0.3, -0.25) is 0 Å². The van der Waals surface area contributed by atoms with Crippen molar-refractivity contribution in [3.63, 3.8) is 0 Å². The molecule has 12 rings (SSSR count). The predicted octanol–water partition coefficient (Wildman–Crippen LogP) is 16.9. The third-order valence-corrected chi connectivity index (χ3v) is 14.1. The second-order valence-electron chi connectivity index (χ2n) is 16.4. The lowest BCUT2D eigenvalue weighted by atomic mass is 9.67. The quantitative estimate of drug-likeness (QED) is 0.148. The van der Waals surface area contributed by atoms with Crippen LogP contribution in [0.25, 0.3) is 64.7 Å². The molecule has 0 bridgehead atoms. The monoisotopic (exact) mass is 819 g/mol. The number of nitrogens with zero attached hydrogens (tertiary/aromatic N) is 1. The van der Waals surface area contributed by atoms with Crippen molar-refractivity contribution in [3.8, 4) is 44.5 Å². The van der Waals surface area contributed by atoms with E-state index in [1.165, 1.54) is 86.9 Å². The van der Waals surface area contributed by atoms with Gasteiger partial charge in [0.25, 0.3) is 0 Å². The van der Waals surface area contributed by atoms with Gasteiger partial charge < -0.3 is 4.90 Å². The molecule has 296 valence electrons. The molecule has 0 amide bonds. The van der Waals surface area contributed by atoms with E-state index in [0.717, 1.165) is 17.1 Å². The molecule has 0 atom stereocenters. The van der Waals surface area contributed by atoms with E-state index in [9.17, 15) is 0 Å². The molecular weight excluding hydrogens is 779 g/mol. The molecule has 10 aromatic carbocycles. The molecule has 0 radical (unpaired) electrons. The van der Waals surface area contributed by atoms with Crippen molar-refractivity contribution in [1.82, 2.24) is 0 Å². The molecule has 11 aromatic rings. The Morgan fingerprint density at radius 1 is 0.286 bits per heavy atom. The molecule has 2 heteroatoms. The molecule has 1 heterocycles. The minimum atomic E-state index is -0.466. The zero-order valence-electron chi connectivity index (χ0n) is 34.5. The molecule has 0 spiro atoms. The Kier molecular flexibility index (Phi) is 8.98. The van der Waals surface area contributed by atoms with Gasteiger partial charge in [0, 0.05) is 37.2 Å². The minimum absolute atomic E-state index is 0.466. The van der Waals surface area contributed by atoms with Gasteiger partial charge in [0.05, 0.1) is 5.41 Å². The van der Waals surface area contributed by atoms with Gasteiger partial charge in [-0.15, -0.1) is 11.3 Å². The molecule has 0 aliphatic heterocycles. The minimum Gasteiger partial charge on any atom is -0.310 e. The van der Waals surface area contributed by atoms with Crippen molar-refractivity contribution in [1.29, 1.82) is 0 Å². The number of rotatable bonds is 8. The highest BCUT2D eigenvalue weighted by molar-refractivity contribution is 7.25. The zero-order chi connectivity index (χ0) is 41.7. The summed E-state index contributed by atoms with van der Waals surface area (Å²) in [5.74, 6) is 0. The summed E-state index contributed by atoms with van der Waals surface area (Å²) in [6, 6.07) is 91.6. The lowest BCUT2D eigenvalue weighted by Gasteiger charge is -2.34. The summed E-state index contributed by atoms with van der Waals surface area (Å²) in [6.45, 7) is 0. The van der Waals surface area contributed by atoms with E-state index in [1.807, 2.05) is 11.3 Å².